The van der Waals surface area contributed by atoms with Gasteiger partial charge in [0.2, 0.25) is 5.91 Å². The number of carbonyl (C=O) groups is 2. The molecule has 0 aromatic rings. The Kier molecular flexibility index (Phi) is 5.94. The Balaban J connectivity index is 2.60. The standard InChI is InChI=1S/C14H25NO4/c1-9(2)13(17)6-14(18)15-7-12(19-10(3)4)5-11(15)8-16/h9-12,16H,5-8H2,1-4H3/t11-,12+/m1/s1. The number of Topliss-reactive ketones (excluding diaryl/α,β-unsaturated/α-hetero) is 1. The third-order valence-corrected chi connectivity index (χ3v) is 3.34. The van der Waals surface area contributed by atoms with Crippen molar-refractivity contribution in [2.75, 3.05) is 13.2 Å². The molecule has 5 heteroatoms. The molecular weight excluding hydrogens is 246 g/mol. The van der Waals surface area contributed by atoms with Crippen LogP contribution in [0, 0.1) is 5.92 Å². The van der Waals surface area contributed by atoms with Crippen molar-refractivity contribution >= 4 is 11.7 Å². The number of aliphatic hydroxyl groups excluding tert-OH is 1. The molecule has 1 rings (SSSR count). The number of rotatable bonds is 6. The van der Waals surface area contributed by atoms with E-state index < -0.39 is 0 Å². The molecule has 1 fully saturated rings. The van der Waals surface area contributed by atoms with E-state index in [0.29, 0.717) is 13.0 Å². The summed E-state index contributed by atoms with van der Waals surface area (Å²) in [7, 11) is 0. The van der Waals surface area contributed by atoms with Gasteiger partial charge in [-0.1, -0.05) is 13.8 Å². The van der Waals surface area contributed by atoms with E-state index >= 15 is 0 Å². The summed E-state index contributed by atoms with van der Waals surface area (Å²) in [6.07, 6.45) is 0.603. The monoisotopic (exact) mass is 271 g/mol. The molecule has 0 aromatic heterocycles. The molecule has 0 spiro atoms. The van der Waals surface area contributed by atoms with Gasteiger partial charge in [-0.2, -0.15) is 0 Å². The largest absolute Gasteiger partial charge is 0.394 e. The molecule has 1 heterocycles. The molecule has 1 saturated heterocycles. The lowest BCUT2D eigenvalue weighted by Crippen LogP contribution is -2.39. The van der Waals surface area contributed by atoms with Gasteiger partial charge in [0.25, 0.3) is 0 Å². The van der Waals surface area contributed by atoms with Crippen LogP contribution in [0.25, 0.3) is 0 Å². The summed E-state index contributed by atoms with van der Waals surface area (Å²) in [5, 5.41) is 9.35. The second-order valence-electron chi connectivity index (χ2n) is 5.72. The molecule has 1 aliphatic heterocycles. The fraction of sp³-hybridized carbons (Fsp3) is 0.857. The van der Waals surface area contributed by atoms with E-state index in [1.54, 1.807) is 18.7 Å². The molecule has 110 valence electrons. The van der Waals surface area contributed by atoms with E-state index in [1.165, 1.54) is 0 Å². The summed E-state index contributed by atoms with van der Waals surface area (Å²) in [6.45, 7) is 7.84. The molecule has 1 N–H and O–H groups in total. The number of hydrogen-bond acceptors (Lipinski definition) is 4. The summed E-state index contributed by atoms with van der Waals surface area (Å²) in [4.78, 5) is 25.3. The van der Waals surface area contributed by atoms with Crippen LogP contribution in [0.1, 0.15) is 40.5 Å². The number of ether oxygens (including phenoxy) is 1. The number of hydrogen-bond donors (Lipinski definition) is 1. The fourth-order valence-electron chi connectivity index (χ4n) is 2.29. The summed E-state index contributed by atoms with van der Waals surface area (Å²) in [6, 6.07) is -0.226. The third-order valence-electron chi connectivity index (χ3n) is 3.34. The van der Waals surface area contributed by atoms with Crippen molar-refractivity contribution in [3.8, 4) is 0 Å². The van der Waals surface area contributed by atoms with Crippen LogP contribution < -0.4 is 0 Å². The maximum absolute atomic E-state index is 12.1. The highest BCUT2D eigenvalue weighted by molar-refractivity contribution is 5.99. The van der Waals surface area contributed by atoms with Crippen molar-refractivity contribution in [1.82, 2.24) is 4.90 Å². The SMILES string of the molecule is CC(C)O[C@H]1C[C@H](CO)N(C(=O)CC(=O)C(C)C)C1. The first-order valence-electron chi connectivity index (χ1n) is 6.93. The van der Waals surface area contributed by atoms with Gasteiger partial charge in [-0.15, -0.1) is 0 Å². The average molecular weight is 271 g/mol. The normalized spacial score (nSPS) is 23.4. The molecule has 0 aliphatic carbocycles. The fourth-order valence-corrected chi connectivity index (χ4v) is 2.29. The highest BCUT2D eigenvalue weighted by Gasteiger charge is 2.36. The lowest BCUT2D eigenvalue weighted by atomic mass is 10.1. The predicted octanol–water partition coefficient (Wildman–Crippen LogP) is 0.988. The van der Waals surface area contributed by atoms with Gasteiger partial charge in [0.15, 0.2) is 0 Å². The van der Waals surface area contributed by atoms with Gasteiger partial charge in [0.05, 0.1) is 31.3 Å². The second-order valence-corrected chi connectivity index (χ2v) is 5.72. The van der Waals surface area contributed by atoms with Gasteiger partial charge in [-0.05, 0) is 20.3 Å². The Bertz CT molecular complexity index is 327. The van der Waals surface area contributed by atoms with Gasteiger partial charge >= 0.3 is 0 Å². The molecule has 0 radical (unpaired) electrons. The average Bonchev–Trinajstić information content (AvgIpc) is 2.70. The lowest BCUT2D eigenvalue weighted by molar-refractivity contribution is -0.138. The van der Waals surface area contributed by atoms with Crippen molar-refractivity contribution in [3.05, 3.63) is 0 Å². The zero-order chi connectivity index (χ0) is 14.6. The number of amides is 1. The third kappa shape index (κ3) is 4.58. The molecule has 1 amide bonds. The van der Waals surface area contributed by atoms with E-state index in [-0.39, 0.29) is 48.9 Å². The Morgan fingerprint density at radius 3 is 2.42 bits per heavy atom. The van der Waals surface area contributed by atoms with Crippen LogP contribution in [0.5, 0.6) is 0 Å². The Labute approximate surface area is 114 Å². The van der Waals surface area contributed by atoms with Crippen LogP contribution in [-0.2, 0) is 14.3 Å². The van der Waals surface area contributed by atoms with Crippen molar-refractivity contribution in [1.29, 1.82) is 0 Å². The zero-order valence-electron chi connectivity index (χ0n) is 12.3. The summed E-state index contributed by atoms with van der Waals surface area (Å²) < 4.78 is 5.69. The van der Waals surface area contributed by atoms with E-state index in [0.717, 1.165) is 0 Å². The van der Waals surface area contributed by atoms with E-state index in [9.17, 15) is 14.7 Å². The van der Waals surface area contributed by atoms with Gasteiger partial charge in [0, 0.05) is 12.5 Å². The van der Waals surface area contributed by atoms with E-state index in [2.05, 4.69) is 0 Å². The maximum Gasteiger partial charge on any atom is 0.230 e. The van der Waals surface area contributed by atoms with Crippen LogP contribution in [0.2, 0.25) is 0 Å². The van der Waals surface area contributed by atoms with Crippen LogP contribution in [-0.4, -0.2) is 53.1 Å². The quantitative estimate of drug-likeness (QED) is 0.732. The highest BCUT2D eigenvalue weighted by Crippen LogP contribution is 2.22. The van der Waals surface area contributed by atoms with Crippen molar-refractivity contribution in [2.24, 2.45) is 5.92 Å². The summed E-state index contributed by atoms with van der Waals surface area (Å²) in [5.74, 6) is -0.399. The molecule has 2 atom stereocenters. The van der Waals surface area contributed by atoms with Gasteiger partial charge < -0.3 is 14.7 Å². The van der Waals surface area contributed by atoms with Crippen molar-refractivity contribution < 1.29 is 19.4 Å². The van der Waals surface area contributed by atoms with Gasteiger partial charge in [0.1, 0.15) is 5.78 Å². The number of nitrogens with zero attached hydrogens (tertiary/aromatic N) is 1. The highest BCUT2D eigenvalue weighted by atomic mass is 16.5. The Hall–Kier alpha value is -0.940. The van der Waals surface area contributed by atoms with Gasteiger partial charge in [-0.3, -0.25) is 9.59 Å². The summed E-state index contributed by atoms with van der Waals surface area (Å²) in [5.41, 5.74) is 0. The first-order chi connectivity index (χ1) is 8.85. The molecular formula is C14H25NO4. The molecule has 19 heavy (non-hydrogen) atoms. The van der Waals surface area contributed by atoms with Crippen LogP contribution in [0.3, 0.4) is 0 Å². The Morgan fingerprint density at radius 2 is 1.95 bits per heavy atom. The number of aliphatic hydroxyl groups is 1. The molecule has 0 unspecified atom stereocenters. The minimum Gasteiger partial charge on any atom is -0.394 e. The first-order valence-corrected chi connectivity index (χ1v) is 6.93. The van der Waals surface area contributed by atoms with Crippen LogP contribution in [0.4, 0.5) is 0 Å². The maximum atomic E-state index is 12.1. The second kappa shape index (κ2) is 7.01. The molecule has 0 bridgehead atoms. The number of carbonyl (C=O) groups excluding carboxylic acids is 2. The minimum absolute atomic E-state index is 0.0461. The van der Waals surface area contributed by atoms with E-state index in [1.807, 2.05) is 13.8 Å². The van der Waals surface area contributed by atoms with Crippen LogP contribution >= 0.6 is 0 Å². The van der Waals surface area contributed by atoms with Gasteiger partial charge in [-0.25, -0.2) is 0 Å². The topological polar surface area (TPSA) is 66.8 Å². The molecule has 5 nitrogen and oxygen atoms in total. The summed E-state index contributed by atoms with van der Waals surface area (Å²) >= 11 is 0. The lowest BCUT2D eigenvalue weighted by Gasteiger charge is -2.22. The molecule has 0 saturated carbocycles. The van der Waals surface area contributed by atoms with Crippen LogP contribution in [0.15, 0.2) is 0 Å². The van der Waals surface area contributed by atoms with E-state index in [4.69, 9.17) is 4.74 Å². The number of ketones is 1. The minimum atomic E-state index is -0.226. The molecule has 1 aliphatic rings. The first kappa shape index (κ1) is 16.1. The Morgan fingerprint density at radius 1 is 1.32 bits per heavy atom. The number of likely N-dealkylation sites (tertiary alicyclic amines) is 1. The predicted molar refractivity (Wildman–Crippen MR) is 71.7 cm³/mol. The zero-order valence-corrected chi connectivity index (χ0v) is 12.3. The van der Waals surface area contributed by atoms with Crippen molar-refractivity contribution in [3.63, 3.8) is 0 Å². The molecule has 0 aromatic carbocycles. The van der Waals surface area contributed by atoms with Crippen molar-refractivity contribution in [2.45, 2.75) is 58.8 Å². The smallest absolute Gasteiger partial charge is 0.230 e.